The SMILES string of the molecule is Cc1cc2ccccc2c2nc3sc4ccc[n+](C)c4n3c12. The minimum Gasteiger partial charge on any atom is -0.235 e. The predicted molar refractivity (Wildman–Crippen MR) is 91.5 cm³/mol. The molecule has 0 amide bonds. The highest BCUT2D eigenvalue weighted by molar-refractivity contribution is 7.23. The summed E-state index contributed by atoms with van der Waals surface area (Å²) in [5, 5.41) is 2.48. The number of thiazole rings is 1. The number of aromatic nitrogens is 3. The van der Waals surface area contributed by atoms with Gasteiger partial charge >= 0.3 is 5.65 Å². The van der Waals surface area contributed by atoms with Gasteiger partial charge in [0, 0.05) is 5.39 Å². The zero-order valence-electron chi connectivity index (χ0n) is 12.4. The molecule has 0 saturated carbocycles. The minimum absolute atomic E-state index is 1.06. The summed E-state index contributed by atoms with van der Waals surface area (Å²) < 4.78 is 5.74. The zero-order chi connectivity index (χ0) is 14.8. The molecule has 0 aliphatic rings. The summed E-state index contributed by atoms with van der Waals surface area (Å²) in [7, 11) is 2.09. The first-order valence-corrected chi connectivity index (χ1v) is 8.13. The van der Waals surface area contributed by atoms with Crippen LogP contribution in [0.1, 0.15) is 5.56 Å². The highest BCUT2D eigenvalue weighted by Crippen LogP contribution is 2.33. The van der Waals surface area contributed by atoms with Gasteiger partial charge in [0.25, 0.3) is 4.96 Å². The van der Waals surface area contributed by atoms with Crippen LogP contribution in [-0.2, 0) is 7.05 Å². The second-order valence-electron chi connectivity index (χ2n) is 5.75. The highest BCUT2D eigenvalue weighted by atomic mass is 32.1. The number of fused-ring (bicyclic) bond motifs is 7. The first-order valence-electron chi connectivity index (χ1n) is 7.32. The fourth-order valence-corrected chi connectivity index (χ4v) is 4.46. The normalized spacial score (nSPS) is 12.1. The molecule has 5 aromatic rings. The Balaban J connectivity index is 2.14. The molecule has 0 spiro atoms. The van der Waals surface area contributed by atoms with Gasteiger partial charge in [-0.05, 0) is 36.1 Å². The van der Waals surface area contributed by atoms with Crippen LogP contribution in [0, 0.1) is 6.92 Å². The predicted octanol–water partition coefficient (Wildman–Crippen LogP) is 3.99. The van der Waals surface area contributed by atoms with Crippen LogP contribution in [0.25, 0.3) is 37.1 Å². The number of nitrogens with zero attached hydrogens (tertiary/aromatic N) is 3. The molecule has 0 fully saturated rings. The number of rotatable bonds is 0. The van der Waals surface area contributed by atoms with Crippen LogP contribution in [0.15, 0.2) is 48.7 Å². The van der Waals surface area contributed by atoms with Crippen LogP contribution < -0.4 is 4.57 Å². The van der Waals surface area contributed by atoms with E-state index in [-0.39, 0.29) is 0 Å². The van der Waals surface area contributed by atoms with Gasteiger partial charge in [-0.1, -0.05) is 35.6 Å². The highest BCUT2D eigenvalue weighted by Gasteiger charge is 2.22. The number of imidazole rings is 1. The molecule has 0 atom stereocenters. The second kappa shape index (κ2) is 4.05. The van der Waals surface area contributed by atoms with E-state index in [1.54, 1.807) is 11.3 Å². The Bertz CT molecular complexity index is 1200. The summed E-state index contributed by atoms with van der Waals surface area (Å²) in [5.41, 5.74) is 4.81. The monoisotopic (exact) mass is 304 g/mol. The molecule has 0 unspecified atom stereocenters. The largest absolute Gasteiger partial charge is 0.306 e. The van der Waals surface area contributed by atoms with Crippen molar-refractivity contribution in [2.45, 2.75) is 6.92 Å². The van der Waals surface area contributed by atoms with Crippen molar-refractivity contribution in [2.75, 3.05) is 0 Å². The number of hydrogen-bond donors (Lipinski definition) is 0. The van der Waals surface area contributed by atoms with Gasteiger partial charge in [-0.25, -0.2) is 4.57 Å². The Morgan fingerprint density at radius 2 is 2.00 bits per heavy atom. The van der Waals surface area contributed by atoms with Crippen LogP contribution in [0.4, 0.5) is 0 Å². The lowest BCUT2D eigenvalue weighted by atomic mass is 10.1. The molecule has 2 aromatic carbocycles. The maximum absolute atomic E-state index is 4.95. The molecule has 3 aromatic heterocycles. The molecule has 0 radical (unpaired) electrons. The Hall–Kier alpha value is -2.46. The third-order valence-electron chi connectivity index (χ3n) is 4.33. The fraction of sp³-hybridized carbons (Fsp3) is 0.111. The molecule has 0 aliphatic carbocycles. The number of aryl methyl sites for hydroxylation is 2. The summed E-state index contributed by atoms with van der Waals surface area (Å²) in [5.74, 6) is 0. The smallest absolute Gasteiger partial charge is 0.235 e. The van der Waals surface area contributed by atoms with Gasteiger partial charge in [-0.3, -0.25) is 0 Å². The third-order valence-corrected chi connectivity index (χ3v) is 5.33. The van der Waals surface area contributed by atoms with Gasteiger partial charge in [-0.2, -0.15) is 9.38 Å². The molecule has 0 aliphatic heterocycles. The molecule has 0 saturated heterocycles. The summed E-state index contributed by atoms with van der Waals surface area (Å²) in [4.78, 5) is 6.01. The average Bonchev–Trinajstić information content (AvgIpc) is 3.03. The third kappa shape index (κ3) is 1.40. The molecule has 22 heavy (non-hydrogen) atoms. The van der Waals surface area contributed by atoms with Crippen molar-refractivity contribution in [3.8, 4) is 0 Å². The molecular formula is C18H14N3S+. The quantitative estimate of drug-likeness (QED) is 0.396. The van der Waals surface area contributed by atoms with Gasteiger partial charge in [-0.15, -0.1) is 0 Å². The first-order chi connectivity index (χ1) is 10.7. The van der Waals surface area contributed by atoms with Crippen LogP contribution >= 0.6 is 11.3 Å². The van der Waals surface area contributed by atoms with Gasteiger partial charge in [0.15, 0.2) is 5.52 Å². The number of benzene rings is 2. The lowest BCUT2D eigenvalue weighted by Gasteiger charge is -2.01. The minimum atomic E-state index is 1.06. The van der Waals surface area contributed by atoms with E-state index < -0.39 is 0 Å². The van der Waals surface area contributed by atoms with Crippen molar-refractivity contribution >= 4 is 48.5 Å². The molecule has 4 heteroatoms. The van der Waals surface area contributed by atoms with Crippen LogP contribution in [0.5, 0.6) is 0 Å². The van der Waals surface area contributed by atoms with E-state index in [1.807, 2.05) is 0 Å². The van der Waals surface area contributed by atoms with Crippen LogP contribution in [0.3, 0.4) is 0 Å². The lowest BCUT2D eigenvalue weighted by molar-refractivity contribution is -0.647. The Morgan fingerprint density at radius 1 is 1.14 bits per heavy atom. The zero-order valence-corrected chi connectivity index (χ0v) is 13.2. The summed E-state index contributed by atoms with van der Waals surface area (Å²) in [6.45, 7) is 2.18. The fourth-order valence-electron chi connectivity index (χ4n) is 3.38. The summed E-state index contributed by atoms with van der Waals surface area (Å²) >= 11 is 1.75. The first kappa shape index (κ1) is 12.1. The van der Waals surface area contributed by atoms with Crippen molar-refractivity contribution in [3.05, 3.63) is 54.2 Å². The molecule has 0 bridgehead atoms. The number of hydrogen-bond acceptors (Lipinski definition) is 2. The van der Waals surface area contributed by atoms with Gasteiger partial charge in [0.05, 0.1) is 13.2 Å². The maximum atomic E-state index is 4.95. The van der Waals surface area contributed by atoms with E-state index in [9.17, 15) is 0 Å². The van der Waals surface area contributed by atoms with Crippen molar-refractivity contribution in [1.82, 2.24) is 9.38 Å². The molecule has 5 rings (SSSR count). The summed E-state index contributed by atoms with van der Waals surface area (Å²) in [6, 6.07) is 15.0. The Morgan fingerprint density at radius 3 is 2.91 bits per heavy atom. The van der Waals surface area contributed by atoms with Crippen LogP contribution in [0.2, 0.25) is 0 Å². The second-order valence-corrected chi connectivity index (χ2v) is 6.76. The molecule has 3 nitrogen and oxygen atoms in total. The molecule has 0 N–H and O–H groups in total. The Kier molecular flexibility index (Phi) is 2.23. The van der Waals surface area contributed by atoms with E-state index in [0.717, 1.165) is 10.5 Å². The van der Waals surface area contributed by atoms with Gasteiger partial charge in [0.2, 0.25) is 0 Å². The standard InChI is InChI=1S/C18H14N3S/c1-11-10-12-6-3-4-7-13(12)15-16(11)21-17-14(22-18(21)19-15)8-5-9-20(17)2/h3-10H,1-2H3/q+1. The number of pyridine rings is 1. The van der Waals surface area contributed by atoms with E-state index in [0.29, 0.717) is 0 Å². The molecule has 3 heterocycles. The van der Waals surface area contributed by atoms with Crippen molar-refractivity contribution in [1.29, 1.82) is 0 Å². The maximum Gasteiger partial charge on any atom is 0.306 e. The van der Waals surface area contributed by atoms with Crippen molar-refractivity contribution in [3.63, 3.8) is 0 Å². The summed E-state index contributed by atoms with van der Waals surface area (Å²) in [6.07, 6.45) is 2.09. The van der Waals surface area contributed by atoms with Crippen molar-refractivity contribution in [2.24, 2.45) is 7.05 Å². The molecular weight excluding hydrogens is 290 g/mol. The lowest BCUT2D eigenvalue weighted by Crippen LogP contribution is -2.29. The Labute approximate surface area is 131 Å². The van der Waals surface area contributed by atoms with Gasteiger partial charge in [0.1, 0.15) is 10.2 Å². The molecule has 106 valence electrons. The average molecular weight is 304 g/mol. The van der Waals surface area contributed by atoms with Crippen LogP contribution in [-0.4, -0.2) is 9.38 Å². The van der Waals surface area contributed by atoms with E-state index in [1.165, 1.54) is 32.2 Å². The topological polar surface area (TPSA) is 21.2 Å². The van der Waals surface area contributed by atoms with E-state index >= 15 is 0 Å². The van der Waals surface area contributed by atoms with Crippen molar-refractivity contribution < 1.29 is 4.57 Å². The van der Waals surface area contributed by atoms with Gasteiger partial charge < -0.3 is 0 Å². The van der Waals surface area contributed by atoms with E-state index in [2.05, 4.69) is 71.6 Å². The van der Waals surface area contributed by atoms with E-state index in [4.69, 9.17) is 4.98 Å².